The Bertz CT molecular complexity index is 1060. The zero-order valence-electron chi connectivity index (χ0n) is 15.1. The van der Waals surface area contributed by atoms with Crippen LogP contribution in [0.2, 0.25) is 0 Å². The molecule has 2 saturated heterocycles. The van der Waals surface area contributed by atoms with Crippen LogP contribution in [-0.2, 0) is 14.4 Å². The third-order valence-electron chi connectivity index (χ3n) is 6.15. The highest BCUT2D eigenvalue weighted by Gasteiger charge is 2.67. The molecule has 3 aliphatic heterocycles. The van der Waals surface area contributed by atoms with Gasteiger partial charge >= 0.3 is 0 Å². The molecule has 3 heterocycles. The number of quaternary nitrogens is 1. The number of nitrogens with one attached hydrogen (secondary N) is 1. The second kappa shape index (κ2) is 5.94. The monoisotopic (exact) mass is 377 g/mol. The van der Waals surface area contributed by atoms with Crippen LogP contribution < -0.4 is 9.80 Å². The van der Waals surface area contributed by atoms with Gasteiger partial charge in [-0.15, -0.1) is 0 Å². The van der Waals surface area contributed by atoms with E-state index in [4.69, 9.17) is 0 Å². The number of amides is 2. The number of carbonyl (C=O) groups excluding carboxylic acids is 3. The molecule has 5 atom stereocenters. The van der Waals surface area contributed by atoms with Crippen molar-refractivity contribution in [2.75, 3.05) is 4.90 Å². The highest BCUT2D eigenvalue weighted by atomic mass is 19.1. The standard InChI is InChI=1S/C22H17FN2O3/c1-12(26)19-17-18(20-14-7-3-2-6-13(14)10-11-24(19)20)22(28)25(21(17)27)16-9-5-4-8-15(16)23/h2-11,17-20H,1H3/p+1/t17-,18+,19-,20-/m1/s1. The molecule has 6 heteroatoms. The van der Waals surface area contributed by atoms with Crippen LogP contribution in [0.15, 0.2) is 54.7 Å². The van der Waals surface area contributed by atoms with E-state index in [0.717, 1.165) is 20.9 Å². The number of anilines is 1. The second-order valence-electron chi connectivity index (χ2n) is 7.54. The molecule has 2 aromatic rings. The van der Waals surface area contributed by atoms with Crippen LogP contribution in [0.1, 0.15) is 24.1 Å². The summed E-state index contributed by atoms with van der Waals surface area (Å²) in [5.41, 5.74) is 1.87. The smallest absolute Gasteiger partial charge is 0.244 e. The molecule has 0 saturated carbocycles. The summed E-state index contributed by atoms with van der Waals surface area (Å²) in [6.07, 6.45) is 3.81. The Morgan fingerprint density at radius 2 is 1.68 bits per heavy atom. The fourth-order valence-electron chi connectivity index (χ4n) is 5.09. The van der Waals surface area contributed by atoms with Crippen LogP contribution in [0, 0.1) is 17.7 Å². The zero-order chi connectivity index (χ0) is 19.6. The van der Waals surface area contributed by atoms with E-state index < -0.39 is 35.5 Å². The van der Waals surface area contributed by atoms with E-state index in [1.807, 2.05) is 36.5 Å². The van der Waals surface area contributed by atoms with Crippen molar-refractivity contribution in [1.82, 2.24) is 0 Å². The Hall–Kier alpha value is -3.12. The van der Waals surface area contributed by atoms with Gasteiger partial charge in [0.1, 0.15) is 23.7 Å². The molecule has 1 unspecified atom stereocenters. The van der Waals surface area contributed by atoms with Crippen molar-refractivity contribution >= 4 is 29.4 Å². The third kappa shape index (κ3) is 2.12. The van der Waals surface area contributed by atoms with Crippen molar-refractivity contribution in [1.29, 1.82) is 0 Å². The minimum atomic E-state index is -0.791. The van der Waals surface area contributed by atoms with Gasteiger partial charge in [0.15, 0.2) is 11.8 Å². The van der Waals surface area contributed by atoms with E-state index in [-0.39, 0.29) is 17.5 Å². The minimum Gasteiger partial charge on any atom is -0.293 e. The summed E-state index contributed by atoms with van der Waals surface area (Å²) in [4.78, 5) is 40.9. The molecular weight excluding hydrogens is 359 g/mol. The first-order valence-electron chi connectivity index (χ1n) is 9.27. The summed E-state index contributed by atoms with van der Waals surface area (Å²) in [6.45, 7) is 1.45. The number of nitrogens with zero attached hydrogens (tertiary/aromatic N) is 1. The number of Topliss-reactive ketones (excluding diaryl/α,β-unsaturated/α-hetero) is 1. The first-order valence-corrected chi connectivity index (χ1v) is 9.27. The first-order chi connectivity index (χ1) is 13.5. The summed E-state index contributed by atoms with van der Waals surface area (Å²) < 4.78 is 14.4. The Kier molecular flexibility index (Phi) is 3.61. The first kappa shape index (κ1) is 17.0. The molecule has 140 valence electrons. The lowest BCUT2D eigenvalue weighted by atomic mass is 9.84. The van der Waals surface area contributed by atoms with Crippen LogP contribution in [0.4, 0.5) is 10.1 Å². The Labute approximate surface area is 161 Å². The Balaban J connectivity index is 1.67. The molecule has 1 N–H and O–H groups in total. The minimum absolute atomic E-state index is 0.0459. The number of hydrogen-bond donors (Lipinski definition) is 1. The predicted molar refractivity (Wildman–Crippen MR) is 99.5 cm³/mol. The van der Waals surface area contributed by atoms with Crippen molar-refractivity contribution in [3.63, 3.8) is 0 Å². The molecule has 0 aromatic heterocycles. The third-order valence-corrected chi connectivity index (χ3v) is 6.15. The lowest BCUT2D eigenvalue weighted by Gasteiger charge is -2.30. The molecule has 5 rings (SSSR count). The van der Waals surface area contributed by atoms with E-state index in [2.05, 4.69) is 0 Å². The number of rotatable bonds is 2. The number of para-hydroxylation sites is 1. The Morgan fingerprint density at radius 3 is 2.43 bits per heavy atom. The molecule has 0 spiro atoms. The van der Waals surface area contributed by atoms with Crippen molar-refractivity contribution in [2.45, 2.75) is 19.0 Å². The topological polar surface area (TPSA) is 58.9 Å². The number of halogens is 1. The van der Waals surface area contributed by atoms with Crippen LogP contribution in [-0.4, -0.2) is 23.6 Å². The van der Waals surface area contributed by atoms with Gasteiger partial charge < -0.3 is 0 Å². The van der Waals surface area contributed by atoms with Crippen molar-refractivity contribution in [3.8, 4) is 0 Å². The average Bonchev–Trinajstić information content (AvgIpc) is 3.16. The summed E-state index contributed by atoms with van der Waals surface area (Å²) in [5.74, 6) is -3.18. The lowest BCUT2D eigenvalue weighted by Crippen LogP contribution is -3.12. The largest absolute Gasteiger partial charge is 0.293 e. The molecule has 2 aromatic carbocycles. The van der Waals surface area contributed by atoms with Crippen LogP contribution in [0.3, 0.4) is 0 Å². The second-order valence-corrected chi connectivity index (χ2v) is 7.54. The normalized spacial score (nSPS) is 30.2. The van der Waals surface area contributed by atoms with Gasteiger partial charge in [-0.05, 0) is 23.8 Å². The maximum Gasteiger partial charge on any atom is 0.244 e. The maximum atomic E-state index is 14.4. The fourth-order valence-corrected chi connectivity index (χ4v) is 5.09. The average molecular weight is 377 g/mol. The summed E-state index contributed by atoms with van der Waals surface area (Å²) in [6, 6.07) is 12.4. The highest BCUT2D eigenvalue weighted by Crippen LogP contribution is 2.45. The number of hydrogen-bond acceptors (Lipinski definition) is 3. The van der Waals surface area contributed by atoms with Gasteiger partial charge in [-0.3, -0.25) is 19.3 Å². The van der Waals surface area contributed by atoms with Crippen molar-refractivity contribution in [3.05, 3.63) is 71.7 Å². The van der Waals surface area contributed by atoms with Crippen molar-refractivity contribution in [2.24, 2.45) is 11.8 Å². The van der Waals surface area contributed by atoms with E-state index >= 15 is 0 Å². The van der Waals surface area contributed by atoms with E-state index in [1.165, 1.54) is 25.1 Å². The molecule has 5 nitrogen and oxygen atoms in total. The summed E-state index contributed by atoms with van der Waals surface area (Å²) in [7, 11) is 0. The van der Waals surface area contributed by atoms with Crippen LogP contribution >= 0.6 is 0 Å². The summed E-state index contributed by atoms with van der Waals surface area (Å²) in [5, 5.41) is 0. The van der Waals surface area contributed by atoms with Gasteiger partial charge in [-0.1, -0.05) is 36.4 Å². The molecule has 2 fully saturated rings. The lowest BCUT2D eigenvalue weighted by molar-refractivity contribution is -0.884. The molecule has 0 aliphatic carbocycles. The molecule has 0 radical (unpaired) electrons. The van der Waals surface area contributed by atoms with E-state index in [9.17, 15) is 18.8 Å². The SMILES string of the molecule is CC(=O)[C@@H]1[C@@H]2C(=O)N(c3ccccc3F)C(=O)[C@@H]2[C@H]2c3ccccc3C=C[NH+]12. The number of fused-ring (bicyclic) bond motifs is 5. The molecule has 28 heavy (non-hydrogen) atoms. The zero-order valence-corrected chi connectivity index (χ0v) is 15.1. The Morgan fingerprint density at radius 1 is 1.00 bits per heavy atom. The molecule has 0 bridgehead atoms. The predicted octanol–water partition coefficient (Wildman–Crippen LogP) is 1.51. The fraction of sp³-hybridized carbons (Fsp3) is 0.227. The van der Waals surface area contributed by atoms with Gasteiger partial charge in [-0.25, -0.2) is 9.29 Å². The maximum absolute atomic E-state index is 14.4. The highest BCUT2D eigenvalue weighted by molar-refractivity contribution is 6.23. The van der Waals surface area contributed by atoms with Crippen molar-refractivity contribution < 1.29 is 23.7 Å². The van der Waals surface area contributed by atoms with Crippen LogP contribution in [0.5, 0.6) is 0 Å². The quantitative estimate of drug-likeness (QED) is 0.808. The number of benzene rings is 2. The van der Waals surface area contributed by atoms with Gasteiger partial charge in [0, 0.05) is 12.5 Å². The van der Waals surface area contributed by atoms with Crippen LogP contribution in [0.25, 0.3) is 6.08 Å². The number of ketones is 1. The molecule has 2 amide bonds. The number of imide groups is 1. The number of carbonyl (C=O) groups is 3. The molecule has 3 aliphatic rings. The molecular formula is C22H18FN2O3+. The van der Waals surface area contributed by atoms with E-state index in [1.54, 1.807) is 6.07 Å². The van der Waals surface area contributed by atoms with E-state index in [0.29, 0.717) is 0 Å². The van der Waals surface area contributed by atoms with Gasteiger partial charge in [0.25, 0.3) is 0 Å². The summed E-state index contributed by atoms with van der Waals surface area (Å²) >= 11 is 0. The van der Waals surface area contributed by atoms with Gasteiger partial charge in [-0.2, -0.15) is 0 Å². The van der Waals surface area contributed by atoms with Gasteiger partial charge in [0.2, 0.25) is 11.8 Å². The van der Waals surface area contributed by atoms with Gasteiger partial charge in [0.05, 0.1) is 11.9 Å².